The molecule has 78 valence electrons. The maximum absolute atomic E-state index is 10.8. The highest BCUT2D eigenvalue weighted by molar-refractivity contribution is 7.96. The largest absolute Gasteiger partial charge is 0.287 e. The van der Waals surface area contributed by atoms with E-state index >= 15 is 0 Å². The van der Waals surface area contributed by atoms with Crippen LogP contribution >= 0.6 is 12.6 Å². The van der Waals surface area contributed by atoms with Crippen molar-refractivity contribution in [1.29, 1.82) is 0 Å². The van der Waals surface area contributed by atoms with Gasteiger partial charge in [0.25, 0.3) is 0 Å². The van der Waals surface area contributed by atoms with E-state index in [-0.39, 0.29) is 5.12 Å². The molecule has 0 aromatic rings. The van der Waals surface area contributed by atoms with E-state index in [4.69, 9.17) is 0 Å². The van der Waals surface area contributed by atoms with Gasteiger partial charge in [0.2, 0.25) is 0 Å². The van der Waals surface area contributed by atoms with Gasteiger partial charge in [0.15, 0.2) is 5.12 Å². The minimum Gasteiger partial charge on any atom is -0.287 e. The first-order valence-electron chi connectivity index (χ1n) is 5.42. The van der Waals surface area contributed by atoms with Crippen LogP contribution in [0.15, 0.2) is 0 Å². The Kier molecular flexibility index (Phi) is 8.62. The second-order valence-corrected chi connectivity index (χ2v) is 4.25. The zero-order chi connectivity index (χ0) is 10.1. The third-order valence-electron chi connectivity index (χ3n) is 2.40. The molecule has 0 atom stereocenters. The summed E-state index contributed by atoms with van der Waals surface area (Å²) in [5.74, 6) is 0.588. The van der Waals surface area contributed by atoms with Crippen molar-refractivity contribution >= 4 is 17.7 Å². The highest BCUT2D eigenvalue weighted by Crippen LogP contribution is 2.20. The van der Waals surface area contributed by atoms with Crippen LogP contribution in [0.2, 0.25) is 0 Å². The van der Waals surface area contributed by atoms with Crippen LogP contribution in [0.1, 0.15) is 58.8 Å². The number of carbonyl (C=O) groups excluding carboxylic acids is 1. The quantitative estimate of drug-likeness (QED) is 0.592. The molecule has 0 unspecified atom stereocenters. The van der Waals surface area contributed by atoms with Crippen LogP contribution in [-0.2, 0) is 4.79 Å². The van der Waals surface area contributed by atoms with Gasteiger partial charge in [-0.25, -0.2) is 0 Å². The average Bonchev–Trinajstić information content (AvgIpc) is 2.09. The number of hydrogen-bond donors (Lipinski definition) is 1. The van der Waals surface area contributed by atoms with Crippen molar-refractivity contribution in [1.82, 2.24) is 0 Å². The highest BCUT2D eigenvalue weighted by Gasteiger charge is 2.10. The fraction of sp³-hybridized carbons (Fsp3) is 0.909. The zero-order valence-electron chi connectivity index (χ0n) is 8.88. The predicted octanol–water partition coefficient (Wildman–Crippen LogP) is 3.83. The molecule has 0 rings (SSSR count). The molecule has 13 heavy (non-hydrogen) atoms. The molecule has 1 nitrogen and oxygen atoms in total. The van der Waals surface area contributed by atoms with E-state index in [0.29, 0.717) is 12.3 Å². The first kappa shape index (κ1) is 13.0. The number of thiol groups is 1. The van der Waals surface area contributed by atoms with Gasteiger partial charge in [-0.15, -0.1) is 12.6 Å². The van der Waals surface area contributed by atoms with E-state index in [1.165, 1.54) is 38.5 Å². The normalized spacial score (nSPS) is 10.8. The topological polar surface area (TPSA) is 17.1 Å². The monoisotopic (exact) mass is 202 g/mol. The Balaban J connectivity index is 3.66. The van der Waals surface area contributed by atoms with Gasteiger partial charge < -0.3 is 0 Å². The van der Waals surface area contributed by atoms with E-state index in [9.17, 15) is 4.79 Å². The Bertz CT molecular complexity index is 126. The van der Waals surface area contributed by atoms with E-state index in [1.54, 1.807) is 0 Å². The molecule has 0 saturated carbocycles. The van der Waals surface area contributed by atoms with Crippen LogP contribution in [0, 0.1) is 5.92 Å². The number of carbonyl (C=O) groups is 1. The van der Waals surface area contributed by atoms with Crippen molar-refractivity contribution < 1.29 is 4.79 Å². The molecule has 0 spiro atoms. The van der Waals surface area contributed by atoms with Crippen LogP contribution in [0.4, 0.5) is 0 Å². The van der Waals surface area contributed by atoms with Gasteiger partial charge in [-0.1, -0.05) is 52.4 Å². The molecule has 0 fully saturated rings. The summed E-state index contributed by atoms with van der Waals surface area (Å²) in [6.45, 7) is 4.39. The van der Waals surface area contributed by atoms with E-state index in [2.05, 4.69) is 26.5 Å². The summed E-state index contributed by atoms with van der Waals surface area (Å²) in [4.78, 5) is 10.8. The zero-order valence-corrected chi connectivity index (χ0v) is 9.78. The van der Waals surface area contributed by atoms with Crippen molar-refractivity contribution in [2.75, 3.05) is 0 Å². The summed E-state index contributed by atoms with van der Waals surface area (Å²) in [5.41, 5.74) is 0. The van der Waals surface area contributed by atoms with Crippen molar-refractivity contribution in [3.63, 3.8) is 0 Å². The molecule has 0 radical (unpaired) electrons. The van der Waals surface area contributed by atoms with Gasteiger partial charge in [0, 0.05) is 6.42 Å². The molecule has 0 aromatic heterocycles. The summed E-state index contributed by atoms with van der Waals surface area (Å²) in [6, 6.07) is 0. The lowest BCUT2D eigenvalue weighted by molar-refractivity contribution is -0.111. The van der Waals surface area contributed by atoms with Crippen LogP contribution in [-0.4, -0.2) is 5.12 Å². The second-order valence-electron chi connectivity index (χ2n) is 3.75. The van der Waals surface area contributed by atoms with Gasteiger partial charge in [0.05, 0.1) is 0 Å². The van der Waals surface area contributed by atoms with Gasteiger partial charge in [-0.3, -0.25) is 4.79 Å². The Hall–Kier alpha value is 0.0200. The molecule has 2 heteroatoms. The molecular weight excluding hydrogens is 180 g/mol. The summed E-state index contributed by atoms with van der Waals surface area (Å²) in [6.07, 6.45) is 8.01. The lowest BCUT2D eigenvalue weighted by Crippen LogP contribution is -2.04. The molecule has 0 aliphatic heterocycles. The lowest BCUT2D eigenvalue weighted by Gasteiger charge is -2.13. The van der Waals surface area contributed by atoms with E-state index < -0.39 is 0 Å². The average molecular weight is 202 g/mol. The lowest BCUT2D eigenvalue weighted by atomic mass is 9.93. The minimum absolute atomic E-state index is 0.0530. The van der Waals surface area contributed by atoms with Gasteiger partial charge >= 0.3 is 0 Å². The third-order valence-corrected chi connectivity index (χ3v) is 2.58. The van der Waals surface area contributed by atoms with Crippen molar-refractivity contribution in [2.45, 2.75) is 58.8 Å². The minimum atomic E-state index is 0.0530. The highest BCUT2D eigenvalue weighted by atomic mass is 32.1. The third kappa shape index (κ3) is 8.35. The van der Waals surface area contributed by atoms with Crippen LogP contribution in [0.25, 0.3) is 0 Å². The Morgan fingerprint density at radius 3 is 1.92 bits per heavy atom. The number of rotatable bonds is 8. The molecular formula is C11H22OS. The maximum atomic E-state index is 10.8. The molecule has 0 N–H and O–H groups in total. The number of hydrogen-bond acceptors (Lipinski definition) is 1. The summed E-state index contributed by atoms with van der Waals surface area (Å²) in [7, 11) is 0. The molecule has 0 aromatic carbocycles. The van der Waals surface area contributed by atoms with Crippen molar-refractivity contribution in [3.8, 4) is 0 Å². The van der Waals surface area contributed by atoms with Crippen LogP contribution < -0.4 is 0 Å². The summed E-state index contributed by atoms with van der Waals surface area (Å²) >= 11 is 3.84. The standard InChI is InChI=1S/C11H22OS/c1-3-5-7-10(8-6-4-2)9-11(12)13/h10H,3-9H2,1-2H3,(H,12,13). The van der Waals surface area contributed by atoms with Gasteiger partial charge in [-0.2, -0.15) is 0 Å². The molecule has 0 bridgehead atoms. The van der Waals surface area contributed by atoms with E-state index in [0.717, 1.165) is 0 Å². The van der Waals surface area contributed by atoms with Crippen molar-refractivity contribution in [2.24, 2.45) is 5.92 Å². The maximum Gasteiger partial charge on any atom is 0.186 e. The molecule has 0 amide bonds. The van der Waals surface area contributed by atoms with Gasteiger partial charge in [0.1, 0.15) is 0 Å². The number of unbranched alkanes of at least 4 members (excludes halogenated alkanes) is 2. The Morgan fingerprint density at radius 1 is 1.15 bits per heavy atom. The van der Waals surface area contributed by atoms with Gasteiger partial charge in [-0.05, 0) is 5.92 Å². The molecule has 0 saturated heterocycles. The Labute approximate surface area is 87.7 Å². The molecule has 0 aliphatic carbocycles. The van der Waals surface area contributed by atoms with Crippen LogP contribution in [0.5, 0.6) is 0 Å². The molecule has 0 aliphatic rings. The Morgan fingerprint density at radius 2 is 1.62 bits per heavy atom. The summed E-state index contributed by atoms with van der Waals surface area (Å²) in [5, 5.41) is 0.0530. The first-order valence-corrected chi connectivity index (χ1v) is 5.87. The molecule has 0 heterocycles. The van der Waals surface area contributed by atoms with Crippen molar-refractivity contribution in [3.05, 3.63) is 0 Å². The predicted molar refractivity (Wildman–Crippen MR) is 61.2 cm³/mol. The smallest absolute Gasteiger partial charge is 0.186 e. The second kappa shape index (κ2) is 8.61. The fourth-order valence-corrected chi connectivity index (χ4v) is 1.84. The summed E-state index contributed by atoms with van der Waals surface area (Å²) < 4.78 is 0. The fourth-order valence-electron chi connectivity index (χ4n) is 1.58. The first-order chi connectivity index (χ1) is 6.20. The van der Waals surface area contributed by atoms with E-state index in [1.807, 2.05) is 0 Å². The van der Waals surface area contributed by atoms with Crippen LogP contribution in [0.3, 0.4) is 0 Å². The SMILES string of the molecule is CCCCC(CCCC)CC(=O)S.